The number of thiocarbonyl (C=S) groups is 1. The molecule has 0 aromatic heterocycles. The van der Waals surface area contributed by atoms with Crippen LogP contribution in [0.15, 0.2) is 9.98 Å². The fourth-order valence-electron chi connectivity index (χ4n) is 3.27. The van der Waals surface area contributed by atoms with E-state index in [4.69, 9.17) is 35.2 Å². The van der Waals surface area contributed by atoms with E-state index in [9.17, 15) is 19.2 Å². The fraction of sp³-hybridized carbons (Fsp3) is 0.682. The smallest absolute Gasteiger partial charge is 0.333 e. The van der Waals surface area contributed by atoms with Crippen molar-refractivity contribution in [3.8, 4) is 0 Å². The fourth-order valence-corrected chi connectivity index (χ4v) is 3.32. The van der Waals surface area contributed by atoms with Gasteiger partial charge in [0.2, 0.25) is 0 Å². The van der Waals surface area contributed by atoms with Crippen molar-refractivity contribution in [3.63, 3.8) is 0 Å². The molecular formula is C22H48N16O4S. The number of rotatable bonds is 17. The second-order valence-electron chi connectivity index (χ2n) is 9.16. The van der Waals surface area contributed by atoms with Crippen molar-refractivity contribution in [1.82, 2.24) is 53.4 Å². The van der Waals surface area contributed by atoms with Crippen LogP contribution in [0.5, 0.6) is 0 Å². The molecule has 0 aliphatic heterocycles. The van der Waals surface area contributed by atoms with Crippen LogP contribution >= 0.6 is 12.2 Å². The van der Waals surface area contributed by atoms with Crippen molar-refractivity contribution in [2.24, 2.45) is 32.9 Å². The summed E-state index contributed by atoms with van der Waals surface area (Å²) in [6, 6.07) is -3.24. The number of nitrogens with one attached hydrogen (secondary N) is 10. The van der Waals surface area contributed by atoms with Gasteiger partial charge in [0.25, 0.3) is 0 Å². The van der Waals surface area contributed by atoms with Crippen LogP contribution in [0.2, 0.25) is 0 Å². The average Bonchev–Trinajstić information content (AvgIpc) is 2.95. The van der Waals surface area contributed by atoms with Crippen molar-refractivity contribution < 1.29 is 19.2 Å². The van der Waals surface area contributed by atoms with Crippen LogP contribution in [0, 0.1) is 0 Å². The summed E-state index contributed by atoms with van der Waals surface area (Å²) in [5.41, 5.74) is 26.2. The summed E-state index contributed by atoms with van der Waals surface area (Å²) in [6.07, 6.45) is 2.07. The number of aliphatic imine (C=N–C) groups is 2. The lowest BCUT2D eigenvalue weighted by molar-refractivity contribution is 0.226. The summed E-state index contributed by atoms with van der Waals surface area (Å²) in [6.45, 7) is 2.81. The first-order valence-electron chi connectivity index (χ1n) is 13.6. The number of urea groups is 4. The summed E-state index contributed by atoms with van der Waals surface area (Å²) in [4.78, 5) is 56.5. The molecule has 43 heavy (non-hydrogen) atoms. The minimum atomic E-state index is -0.560. The Hall–Kier alpha value is -4.69. The number of nitrogens with two attached hydrogens (primary N) is 4. The van der Waals surface area contributed by atoms with Gasteiger partial charge in [-0.05, 0) is 44.8 Å². The molecule has 0 unspecified atom stereocenters. The maximum absolute atomic E-state index is 12.5. The summed E-state index contributed by atoms with van der Waals surface area (Å²) in [7, 11) is 3.08. The number of hydrogen-bond donors (Lipinski definition) is 14. The Bertz CT molecular complexity index is 942. The predicted molar refractivity (Wildman–Crippen MR) is 169 cm³/mol. The number of hydrazine groups is 1. The third-order valence-electron chi connectivity index (χ3n) is 5.39. The predicted octanol–water partition coefficient (Wildman–Crippen LogP) is -3.95. The molecular weight excluding hydrogens is 584 g/mol. The normalized spacial score (nSPS) is 12.1. The Morgan fingerprint density at radius 3 is 1.60 bits per heavy atom. The minimum absolute atomic E-state index is 0.0287. The highest BCUT2D eigenvalue weighted by Gasteiger charge is 2.17. The molecule has 246 valence electrons. The molecule has 0 rings (SSSR count). The highest BCUT2D eigenvalue weighted by Crippen LogP contribution is 1.99. The molecule has 0 fully saturated rings. The molecule has 0 radical (unpaired) electrons. The molecule has 0 saturated heterocycles. The van der Waals surface area contributed by atoms with Crippen LogP contribution in [0.25, 0.3) is 0 Å². The van der Waals surface area contributed by atoms with Gasteiger partial charge in [0.05, 0.1) is 0 Å². The van der Waals surface area contributed by atoms with Gasteiger partial charge in [-0.15, -0.1) is 0 Å². The average molecular weight is 633 g/mol. The van der Waals surface area contributed by atoms with E-state index < -0.39 is 36.2 Å². The summed E-state index contributed by atoms with van der Waals surface area (Å²) in [5.74, 6) is -0.0706. The topological polar surface area (TPSA) is 317 Å². The molecule has 0 aromatic carbocycles. The highest BCUT2D eigenvalue weighted by molar-refractivity contribution is 7.80. The zero-order valence-electron chi connectivity index (χ0n) is 24.8. The second kappa shape index (κ2) is 22.9. The number of carbonyl (C=O) groups is 4. The van der Waals surface area contributed by atoms with Gasteiger partial charge in [-0.25, -0.2) is 24.6 Å². The molecule has 0 bridgehead atoms. The number of amides is 8. The second-order valence-corrected chi connectivity index (χ2v) is 9.57. The van der Waals surface area contributed by atoms with E-state index in [-0.39, 0.29) is 42.7 Å². The van der Waals surface area contributed by atoms with E-state index in [1.807, 2.05) is 0 Å². The van der Waals surface area contributed by atoms with Gasteiger partial charge in [-0.2, -0.15) is 0 Å². The van der Waals surface area contributed by atoms with Crippen LogP contribution < -0.4 is 76.3 Å². The standard InChI is InChI=1S/C22H48N16O4S/c1-13(10-31-20(41)35-14(11-32-18(39)27-2)6-4-8-29-16(23)24)34-19(40)33-12-15(7-5-9-30-17(25)26)36-21(42)37-38-22(43)28-3/h13-15H,4-12H2,1-3H3,(H4,23,24,29)(H4,25,26,30)(H2,27,32,39)(H2,28,38,43)(H2,31,35,41)(H2,33,34,40)(H2,36,37,42)/t13-,14-,15-/m0/s1. The Kier molecular flexibility index (Phi) is 20.4. The molecule has 0 saturated carbocycles. The summed E-state index contributed by atoms with van der Waals surface area (Å²) < 4.78 is 0. The molecule has 18 N–H and O–H groups in total. The Morgan fingerprint density at radius 1 is 0.651 bits per heavy atom. The van der Waals surface area contributed by atoms with Crippen LogP contribution in [0.1, 0.15) is 32.6 Å². The minimum Gasteiger partial charge on any atom is -0.370 e. The molecule has 0 aliphatic rings. The van der Waals surface area contributed by atoms with Crippen molar-refractivity contribution in [2.45, 2.75) is 50.7 Å². The molecule has 0 aromatic rings. The number of carbonyl (C=O) groups excluding carboxylic acids is 4. The van der Waals surface area contributed by atoms with E-state index in [0.29, 0.717) is 38.8 Å². The van der Waals surface area contributed by atoms with Crippen LogP contribution in [0.4, 0.5) is 19.2 Å². The van der Waals surface area contributed by atoms with Crippen LogP contribution in [0.3, 0.4) is 0 Å². The lowest BCUT2D eigenvalue weighted by atomic mass is 10.1. The Balaban J connectivity index is 4.76. The van der Waals surface area contributed by atoms with Gasteiger partial charge >= 0.3 is 24.1 Å². The van der Waals surface area contributed by atoms with Gasteiger partial charge in [-0.1, -0.05) is 0 Å². The van der Waals surface area contributed by atoms with Crippen LogP contribution in [-0.4, -0.2) is 106 Å². The SMILES string of the molecule is CNC(=O)NC[C@H](CCCN=C(N)N)NC(=O)NC[C@H](C)NC(=O)NC[C@H](CCCN=C(N)N)NC(=O)NNC(=S)NC. The lowest BCUT2D eigenvalue weighted by Crippen LogP contribution is -2.55. The van der Waals surface area contributed by atoms with Crippen LogP contribution in [-0.2, 0) is 0 Å². The summed E-state index contributed by atoms with van der Waals surface area (Å²) in [5, 5.41) is 21.6. The summed E-state index contributed by atoms with van der Waals surface area (Å²) >= 11 is 4.91. The van der Waals surface area contributed by atoms with E-state index in [0.717, 1.165) is 0 Å². The largest absolute Gasteiger partial charge is 0.370 e. The van der Waals surface area contributed by atoms with Gasteiger partial charge in [-0.3, -0.25) is 15.4 Å². The molecule has 0 aliphatic carbocycles. The Morgan fingerprint density at radius 2 is 1.12 bits per heavy atom. The third kappa shape index (κ3) is 22.7. The van der Waals surface area contributed by atoms with E-state index >= 15 is 0 Å². The first-order chi connectivity index (χ1) is 20.4. The van der Waals surface area contributed by atoms with E-state index in [2.05, 4.69) is 63.4 Å². The molecule has 3 atom stereocenters. The van der Waals surface area contributed by atoms with E-state index in [1.165, 1.54) is 7.05 Å². The number of nitrogens with zero attached hydrogens (tertiary/aromatic N) is 2. The quantitative estimate of drug-likeness (QED) is 0.0241. The molecule has 0 spiro atoms. The first kappa shape index (κ1) is 38.3. The van der Waals surface area contributed by atoms with Gasteiger partial charge < -0.3 is 65.5 Å². The zero-order chi connectivity index (χ0) is 32.6. The maximum Gasteiger partial charge on any atom is 0.333 e. The highest BCUT2D eigenvalue weighted by atomic mass is 32.1. The van der Waals surface area contributed by atoms with Gasteiger partial charge in [0.1, 0.15) is 0 Å². The van der Waals surface area contributed by atoms with Crippen molar-refractivity contribution in [1.29, 1.82) is 0 Å². The molecule has 20 nitrogen and oxygen atoms in total. The lowest BCUT2D eigenvalue weighted by Gasteiger charge is -2.22. The first-order valence-corrected chi connectivity index (χ1v) is 14.0. The van der Waals surface area contributed by atoms with Gasteiger partial charge in [0.15, 0.2) is 17.0 Å². The molecule has 21 heteroatoms. The third-order valence-corrected chi connectivity index (χ3v) is 5.69. The van der Waals surface area contributed by atoms with Crippen molar-refractivity contribution >= 4 is 53.4 Å². The van der Waals surface area contributed by atoms with Gasteiger partial charge in [0, 0.05) is 64.9 Å². The van der Waals surface area contributed by atoms with Crippen molar-refractivity contribution in [3.05, 3.63) is 0 Å². The number of hydrogen-bond acceptors (Lipinski definition) is 7. The van der Waals surface area contributed by atoms with E-state index in [1.54, 1.807) is 14.0 Å². The monoisotopic (exact) mass is 632 g/mol. The molecule has 0 heterocycles. The Labute approximate surface area is 256 Å². The van der Waals surface area contributed by atoms with Crippen molar-refractivity contribution in [2.75, 3.05) is 46.8 Å². The zero-order valence-corrected chi connectivity index (χ0v) is 25.7. The molecule has 8 amide bonds. The number of guanidine groups is 2. The maximum atomic E-state index is 12.5.